The Balaban J connectivity index is 2.35. The van der Waals surface area contributed by atoms with E-state index in [-0.39, 0.29) is 49.7 Å². The van der Waals surface area contributed by atoms with Crippen LogP contribution in [0.5, 0.6) is 0 Å². The highest BCUT2D eigenvalue weighted by Crippen LogP contribution is 2.17. The summed E-state index contributed by atoms with van der Waals surface area (Å²) in [4.78, 5) is 27.0. The monoisotopic (exact) mass is 557 g/mol. The maximum Gasteiger partial charge on any atom is 0.310 e. The fourth-order valence-electron chi connectivity index (χ4n) is 4.75. The second-order valence-corrected chi connectivity index (χ2v) is 11.1. The molecular weight excluding hydrogens is 498 g/mol. The van der Waals surface area contributed by atoms with Gasteiger partial charge in [0.15, 0.2) is 6.29 Å². The van der Waals surface area contributed by atoms with Crippen LogP contribution >= 0.6 is 0 Å². The third-order valence-corrected chi connectivity index (χ3v) is 7.26. The molecular formula is C31H59NO7. The molecule has 0 aromatic rings. The van der Waals surface area contributed by atoms with Crippen molar-refractivity contribution in [3.63, 3.8) is 0 Å². The number of ether oxygens (including phenoxy) is 5. The summed E-state index contributed by atoms with van der Waals surface area (Å²) in [5, 5.41) is 0. The lowest BCUT2D eigenvalue weighted by molar-refractivity contribution is -0.161. The van der Waals surface area contributed by atoms with E-state index in [2.05, 4.69) is 18.7 Å². The zero-order chi connectivity index (χ0) is 28.6. The molecule has 39 heavy (non-hydrogen) atoms. The maximum atomic E-state index is 12.5. The first-order valence-corrected chi connectivity index (χ1v) is 15.7. The SMILES string of the molecule is CCCCCCCCOC(CCC(=O)OCC(COC)COC(=O)C1CCN(C)C1)OCCCCCCCC. The molecule has 2 unspecified atom stereocenters. The number of nitrogens with zero attached hydrogens (tertiary/aromatic N) is 1. The number of likely N-dealkylation sites (tertiary alicyclic amines) is 1. The van der Waals surface area contributed by atoms with Crippen LogP contribution in [0.3, 0.4) is 0 Å². The molecule has 1 rings (SSSR count). The zero-order valence-corrected chi connectivity index (χ0v) is 25.6. The molecule has 0 amide bonds. The van der Waals surface area contributed by atoms with E-state index < -0.39 is 0 Å². The Morgan fingerprint density at radius 1 is 0.795 bits per heavy atom. The van der Waals surface area contributed by atoms with Crippen LogP contribution in [0.4, 0.5) is 0 Å². The molecule has 1 aliphatic heterocycles. The van der Waals surface area contributed by atoms with E-state index in [9.17, 15) is 9.59 Å². The standard InChI is InChI=1S/C31H59NO7/c1-5-7-9-11-13-15-21-36-30(37-22-16-14-12-10-8-6-2)18-17-29(33)38-25-27(24-35-4)26-39-31(34)28-19-20-32(3)23-28/h27-28,30H,5-26H2,1-4H3. The van der Waals surface area contributed by atoms with Crippen molar-refractivity contribution >= 4 is 11.9 Å². The fourth-order valence-corrected chi connectivity index (χ4v) is 4.75. The lowest BCUT2D eigenvalue weighted by atomic mass is 10.1. The van der Waals surface area contributed by atoms with Crippen LogP contribution in [0.1, 0.15) is 110 Å². The Bertz CT molecular complexity index is 585. The average Bonchev–Trinajstić information content (AvgIpc) is 3.37. The van der Waals surface area contributed by atoms with Gasteiger partial charge in [-0.2, -0.15) is 0 Å². The quantitative estimate of drug-likeness (QED) is 0.0712. The molecule has 1 aliphatic rings. The van der Waals surface area contributed by atoms with Crippen molar-refractivity contribution in [1.82, 2.24) is 4.90 Å². The predicted molar refractivity (Wildman–Crippen MR) is 155 cm³/mol. The summed E-state index contributed by atoms with van der Waals surface area (Å²) in [7, 11) is 3.60. The summed E-state index contributed by atoms with van der Waals surface area (Å²) in [6, 6.07) is 0. The minimum atomic E-state index is -0.385. The Labute approximate surface area is 238 Å². The van der Waals surface area contributed by atoms with Crippen molar-refractivity contribution in [3.8, 4) is 0 Å². The third-order valence-electron chi connectivity index (χ3n) is 7.26. The third kappa shape index (κ3) is 19.5. The number of carbonyl (C=O) groups excluding carboxylic acids is 2. The molecule has 0 saturated carbocycles. The van der Waals surface area contributed by atoms with E-state index in [4.69, 9.17) is 23.7 Å². The second kappa shape index (κ2) is 24.6. The average molecular weight is 558 g/mol. The van der Waals surface area contributed by atoms with Gasteiger partial charge >= 0.3 is 11.9 Å². The topological polar surface area (TPSA) is 83.5 Å². The van der Waals surface area contributed by atoms with Gasteiger partial charge in [0.1, 0.15) is 0 Å². The summed E-state index contributed by atoms with van der Waals surface area (Å²) in [5.41, 5.74) is 0. The highest BCUT2D eigenvalue weighted by molar-refractivity contribution is 5.73. The Morgan fingerprint density at radius 3 is 1.90 bits per heavy atom. The number of hydrogen-bond acceptors (Lipinski definition) is 8. The van der Waals surface area contributed by atoms with E-state index in [1.807, 2.05) is 7.05 Å². The summed E-state index contributed by atoms with van der Waals surface area (Å²) in [6.45, 7) is 8.09. The Hall–Kier alpha value is -1.22. The number of hydrogen-bond donors (Lipinski definition) is 0. The second-order valence-electron chi connectivity index (χ2n) is 11.1. The largest absolute Gasteiger partial charge is 0.465 e. The highest BCUT2D eigenvalue weighted by atomic mass is 16.7. The van der Waals surface area contributed by atoms with Gasteiger partial charge in [0.2, 0.25) is 0 Å². The summed E-state index contributed by atoms with van der Waals surface area (Å²) in [6.07, 6.45) is 15.6. The summed E-state index contributed by atoms with van der Waals surface area (Å²) in [5.74, 6) is -0.744. The smallest absolute Gasteiger partial charge is 0.310 e. The number of carbonyl (C=O) groups is 2. The molecule has 0 radical (unpaired) electrons. The van der Waals surface area contributed by atoms with Crippen LogP contribution in [-0.4, -0.2) is 83.4 Å². The minimum Gasteiger partial charge on any atom is -0.465 e. The predicted octanol–water partition coefficient (Wildman–Crippen LogP) is 6.15. The summed E-state index contributed by atoms with van der Waals surface area (Å²) < 4.78 is 28.3. The molecule has 0 N–H and O–H groups in total. The van der Waals surface area contributed by atoms with Gasteiger partial charge in [-0.15, -0.1) is 0 Å². The molecule has 1 fully saturated rings. The van der Waals surface area contributed by atoms with Gasteiger partial charge in [-0.1, -0.05) is 78.1 Å². The van der Waals surface area contributed by atoms with Gasteiger partial charge in [0.25, 0.3) is 0 Å². The zero-order valence-electron chi connectivity index (χ0n) is 25.6. The van der Waals surface area contributed by atoms with Crippen LogP contribution in [0, 0.1) is 11.8 Å². The van der Waals surface area contributed by atoms with Crippen LogP contribution in [0.25, 0.3) is 0 Å². The van der Waals surface area contributed by atoms with Gasteiger partial charge in [-0.3, -0.25) is 9.59 Å². The molecule has 0 spiro atoms. The molecule has 0 aromatic carbocycles. The molecule has 2 atom stereocenters. The molecule has 8 nitrogen and oxygen atoms in total. The first kappa shape index (κ1) is 35.8. The van der Waals surface area contributed by atoms with Crippen molar-refractivity contribution in [1.29, 1.82) is 0 Å². The van der Waals surface area contributed by atoms with Gasteiger partial charge in [0, 0.05) is 33.3 Å². The molecule has 230 valence electrons. The van der Waals surface area contributed by atoms with Crippen LogP contribution < -0.4 is 0 Å². The molecule has 0 aromatic heterocycles. The van der Waals surface area contributed by atoms with E-state index in [1.54, 1.807) is 7.11 Å². The normalized spacial score (nSPS) is 16.6. The number of methoxy groups -OCH3 is 1. The highest BCUT2D eigenvalue weighted by Gasteiger charge is 2.28. The Kier molecular flexibility index (Phi) is 22.6. The van der Waals surface area contributed by atoms with Crippen molar-refractivity contribution in [2.75, 3.05) is 60.3 Å². The summed E-state index contributed by atoms with van der Waals surface area (Å²) >= 11 is 0. The van der Waals surface area contributed by atoms with Crippen molar-refractivity contribution in [2.45, 2.75) is 116 Å². The van der Waals surface area contributed by atoms with Gasteiger partial charge in [-0.05, 0) is 32.9 Å². The first-order chi connectivity index (χ1) is 19.0. The molecule has 1 saturated heterocycles. The van der Waals surface area contributed by atoms with Crippen LogP contribution in [-0.2, 0) is 33.3 Å². The van der Waals surface area contributed by atoms with Crippen molar-refractivity contribution in [3.05, 3.63) is 0 Å². The van der Waals surface area contributed by atoms with E-state index >= 15 is 0 Å². The van der Waals surface area contributed by atoms with E-state index in [0.29, 0.717) is 26.2 Å². The number of unbranched alkanes of at least 4 members (excludes halogenated alkanes) is 10. The Morgan fingerprint density at radius 2 is 1.36 bits per heavy atom. The molecule has 0 aliphatic carbocycles. The van der Waals surface area contributed by atoms with Crippen LogP contribution in [0.15, 0.2) is 0 Å². The fraction of sp³-hybridized carbons (Fsp3) is 0.935. The molecule has 0 bridgehead atoms. The van der Waals surface area contributed by atoms with Crippen LogP contribution in [0.2, 0.25) is 0 Å². The minimum absolute atomic E-state index is 0.0784. The lowest BCUT2D eigenvalue weighted by Crippen LogP contribution is -2.28. The van der Waals surface area contributed by atoms with Gasteiger partial charge < -0.3 is 28.6 Å². The van der Waals surface area contributed by atoms with Crippen molar-refractivity contribution < 1.29 is 33.3 Å². The van der Waals surface area contributed by atoms with Gasteiger partial charge in [0.05, 0.1) is 38.1 Å². The van der Waals surface area contributed by atoms with E-state index in [1.165, 1.54) is 51.4 Å². The molecule has 8 heteroatoms. The molecule has 1 heterocycles. The maximum absolute atomic E-state index is 12.5. The van der Waals surface area contributed by atoms with Crippen molar-refractivity contribution in [2.24, 2.45) is 11.8 Å². The lowest BCUT2D eigenvalue weighted by Gasteiger charge is -2.20. The van der Waals surface area contributed by atoms with E-state index in [0.717, 1.165) is 45.2 Å². The first-order valence-electron chi connectivity index (χ1n) is 15.7. The number of esters is 2. The number of rotatable bonds is 26. The van der Waals surface area contributed by atoms with Gasteiger partial charge in [-0.25, -0.2) is 0 Å².